The van der Waals surface area contributed by atoms with Gasteiger partial charge in [-0.3, -0.25) is 9.59 Å². The molecule has 6 heteroatoms. The van der Waals surface area contributed by atoms with Gasteiger partial charge >= 0.3 is 5.97 Å². The van der Waals surface area contributed by atoms with Crippen LogP contribution in [0, 0.1) is 11.8 Å². The average molecular weight is 356 g/mol. The fourth-order valence-corrected chi connectivity index (χ4v) is 4.79. The van der Waals surface area contributed by atoms with Gasteiger partial charge in [-0.05, 0) is 44.1 Å². The van der Waals surface area contributed by atoms with Gasteiger partial charge in [0.15, 0.2) is 5.13 Å². The van der Waals surface area contributed by atoms with Gasteiger partial charge in [0.25, 0.3) is 0 Å². The van der Waals surface area contributed by atoms with Crippen molar-refractivity contribution < 1.29 is 14.7 Å². The van der Waals surface area contributed by atoms with Crippen molar-refractivity contribution >= 4 is 28.3 Å². The number of thiazole rings is 1. The molecule has 4 rings (SSSR count). The molecule has 5 nitrogen and oxygen atoms in total. The maximum atomic E-state index is 12.5. The molecule has 2 aliphatic carbocycles. The van der Waals surface area contributed by atoms with Crippen molar-refractivity contribution in [2.45, 2.75) is 38.5 Å². The number of carbonyl (C=O) groups is 2. The summed E-state index contributed by atoms with van der Waals surface area (Å²) < 4.78 is 0. The van der Waals surface area contributed by atoms with Gasteiger partial charge in [-0.15, -0.1) is 11.3 Å². The molecule has 2 aliphatic rings. The molecule has 1 aromatic heterocycles. The Hall–Kier alpha value is -2.21. The second-order valence-electron chi connectivity index (χ2n) is 6.82. The predicted octanol–water partition coefficient (Wildman–Crippen LogP) is 3.74. The summed E-state index contributed by atoms with van der Waals surface area (Å²) in [5.41, 5.74) is 3.48. The Morgan fingerprint density at radius 3 is 2.56 bits per heavy atom. The Bertz CT molecular complexity index is 822. The van der Waals surface area contributed by atoms with Crippen LogP contribution in [0.2, 0.25) is 0 Å². The van der Waals surface area contributed by atoms with E-state index in [9.17, 15) is 9.59 Å². The van der Waals surface area contributed by atoms with Crippen molar-refractivity contribution in [3.05, 3.63) is 34.7 Å². The number of carboxylic acid groups (broad SMARTS) is 1. The Balaban J connectivity index is 1.46. The molecule has 25 heavy (non-hydrogen) atoms. The molecule has 2 N–H and O–H groups in total. The van der Waals surface area contributed by atoms with Crippen LogP contribution in [0.25, 0.3) is 11.3 Å². The number of fused-ring (bicyclic) bond motifs is 3. The zero-order chi connectivity index (χ0) is 17.4. The molecule has 0 atom stereocenters. The highest BCUT2D eigenvalue weighted by Gasteiger charge is 2.30. The zero-order valence-electron chi connectivity index (χ0n) is 13.8. The van der Waals surface area contributed by atoms with Crippen molar-refractivity contribution in [2.75, 3.05) is 5.32 Å². The lowest BCUT2D eigenvalue weighted by molar-refractivity contribution is -0.143. The standard InChI is InChI=1S/C19H20N2O3S/c22-17(12-5-7-13(8-6-12)18(23)24)21-19-20-16-14-4-2-1-3-11(14)9-10-15(16)25-19/h1-4,12-13H,5-10H2,(H,23,24)(H,20,21,22). The number of carbonyl (C=O) groups excluding carboxylic acids is 1. The number of nitrogens with one attached hydrogen (secondary N) is 1. The SMILES string of the molecule is O=C(O)C1CCC(C(=O)Nc2nc3c(s2)CCc2ccccc2-3)CC1. The number of amides is 1. The van der Waals surface area contributed by atoms with Crippen molar-refractivity contribution in [2.24, 2.45) is 11.8 Å². The van der Waals surface area contributed by atoms with Crippen LogP contribution >= 0.6 is 11.3 Å². The molecular formula is C19H20N2O3S. The molecule has 0 spiro atoms. The number of aromatic nitrogens is 1. The molecule has 0 aliphatic heterocycles. The fraction of sp³-hybridized carbons (Fsp3) is 0.421. The highest BCUT2D eigenvalue weighted by molar-refractivity contribution is 7.16. The van der Waals surface area contributed by atoms with Crippen LogP contribution in [0.4, 0.5) is 5.13 Å². The van der Waals surface area contributed by atoms with Gasteiger partial charge < -0.3 is 10.4 Å². The van der Waals surface area contributed by atoms with Crippen LogP contribution in [0.5, 0.6) is 0 Å². The van der Waals surface area contributed by atoms with Gasteiger partial charge in [0, 0.05) is 16.4 Å². The quantitative estimate of drug-likeness (QED) is 0.878. The van der Waals surface area contributed by atoms with E-state index in [1.165, 1.54) is 16.0 Å². The first-order chi connectivity index (χ1) is 12.1. The summed E-state index contributed by atoms with van der Waals surface area (Å²) in [6.07, 6.45) is 4.40. The molecule has 1 fully saturated rings. The number of hydrogen-bond acceptors (Lipinski definition) is 4. The Kier molecular flexibility index (Phi) is 4.29. The number of carboxylic acids is 1. The van der Waals surface area contributed by atoms with E-state index in [-0.39, 0.29) is 17.7 Å². The van der Waals surface area contributed by atoms with Crippen LogP contribution in [-0.2, 0) is 22.4 Å². The molecule has 0 radical (unpaired) electrons. The fourth-order valence-electron chi connectivity index (χ4n) is 3.81. The van der Waals surface area contributed by atoms with Crippen LogP contribution in [0.1, 0.15) is 36.1 Å². The first-order valence-electron chi connectivity index (χ1n) is 8.73. The normalized spacial score (nSPS) is 21.9. The van der Waals surface area contributed by atoms with Crippen LogP contribution in [0.15, 0.2) is 24.3 Å². The molecule has 130 valence electrons. The van der Waals surface area contributed by atoms with Gasteiger partial charge in [0.2, 0.25) is 5.91 Å². The minimum Gasteiger partial charge on any atom is -0.481 e. The van der Waals surface area contributed by atoms with Gasteiger partial charge in [0.1, 0.15) is 0 Å². The van der Waals surface area contributed by atoms with Gasteiger partial charge in [-0.1, -0.05) is 24.3 Å². The number of aliphatic carboxylic acids is 1. The third-order valence-electron chi connectivity index (χ3n) is 5.27. The third kappa shape index (κ3) is 3.18. The minimum absolute atomic E-state index is 0.0248. The molecule has 2 aromatic rings. The summed E-state index contributed by atoms with van der Waals surface area (Å²) in [5.74, 6) is -1.18. The molecule has 0 bridgehead atoms. The van der Waals surface area contributed by atoms with E-state index in [2.05, 4.69) is 22.4 Å². The lowest BCUT2D eigenvalue weighted by Crippen LogP contribution is -2.29. The minimum atomic E-state index is -0.745. The summed E-state index contributed by atoms with van der Waals surface area (Å²) in [6, 6.07) is 8.29. The Labute approximate surface area is 150 Å². The van der Waals surface area contributed by atoms with Crippen LogP contribution in [0.3, 0.4) is 0 Å². The third-order valence-corrected chi connectivity index (χ3v) is 6.30. The van der Waals surface area contributed by atoms with Gasteiger partial charge in [-0.25, -0.2) is 4.98 Å². The second kappa shape index (κ2) is 6.59. The van der Waals surface area contributed by atoms with Crippen molar-refractivity contribution in [3.8, 4) is 11.3 Å². The van der Waals surface area contributed by atoms with E-state index in [1.54, 1.807) is 11.3 Å². The summed E-state index contributed by atoms with van der Waals surface area (Å²) >= 11 is 1.56. The van der Waals surface area contributed by atoms with E-state index in [4.69, 9.17) is 5.11 Å². The largest absolute Gasteiger partial charge is 0.481 e. The topological polar surface area (TPSA) is 79.3 Å². The average Bonchev–Trinajstić information content (AvgIpc) is 3.04. The van der Waals surface area contributed by atoms with E-state index in [1.807, 2.05) is 12.1 Å². The second-order valence-corrected chi connectivity index (χ2v) is 7.91. The molecule has 1 saturated carbocycles. The number of rotatable bonds is 3. The lowest BCUT2D eigenvalue weighted by atomic mass is 9.81. The van der Waals surface area contributed by atoms with E-state index in [0.29, 0.717) is 30.8 Å². The lowest BCUT2D eigenvalue weighted by Gasteiger charge is -2.24. The summed E-state index contributed by atoms with van der Waals surface area (Å²) in [6.45, 7) is 0. The van der Waals surface area contributed by atoms with Crippen molar-refractivity contribution in [3.63, 3.8) is 0 Å². The molecule has 1 aromatic carbocycles. The van der Waals surface area contributed by atoms with Gasteiger partial charge in [-0.2, -0.15) is 0 Å². The van der Waals surface area contributed by atoms with E-state index >= 15 is 0 Å². The van der Waals surface area contributed by atoms with Gasteiger partial charge in [0.05, 0.1) is 11.6 Å². The Morgan fingerprint density at radius 1 is 1.08 bits per heavy atom. The number of hydrogen-bond donors (Lipinski definition) is 2. The predicted molar refractivity (Wildman–Crippen MR) is 96.7 cm³/mol. The Morgan fingerprint density at radius 2 is 1.80 bits per heavy atom. The van der Waals surface area contributed by atoms with E-state index in [0.717, 1.165) is 18.5 Å². The number of anilines is 1. The smallest absolute Gasteiger partial charge is 0.306 e. The van der Waals surface area contributed by atoms with Crippen LogP contribution in [-0.4, -0.2) is 22.0 Å². The number of aryl methyl sites for hydroxylation is 2. The monoisotopic (exact) mass is 356 g/mol. The number of nitrogens with zero attached hydrogens (tertiary/aromatic N) is 1. The maximum absolute atomic E-state index is 12.5. The summed E-state index contributed by atoms with van der Waals surface area (Å²) in [4.78, 5) is 29.4. The highest BCUT2D eigenvalue weighted by Crippen LogP contribution is 2.38. The summed E-state index contributed by atoms with van der Waals surface area (Å²) in [7, 11) is 0. The highest BCUT2D eigenvalue weighted by atomic mass is 32.1. The molecule has 1 amide bonds. The summed E-state index contributed by atoms with van der Waals surface area (Å²) in [5, 5.41) is 12.7. The zero-order valence-corrected chi connectivity index (χ0v) is 14.6. The molecule has 0 unspecified atom stereocenters. The number of benzene rings is 1. The first-order valence-corrected chi connectivity index (χ1v) is 9.55. The molecule has 1 heterocycles. The maximum Gasteiger partial charge on any atom is 0.306 e. The van der Waals surface area contributed by atoms with Crippen LogP contribution < -0.4 is 5.32 Å². The van der Waals surface area contributed by atoms with Crippen molar-refractivity contribution in [1.82, 2.24) is 4.98 Å². The van der Waals surface area contributed by atoms with Crippen molar-refractivity contribution in [1.29, 1.82) is 0 Å². The molecular weight excluding hydrogens is 336 g/mol. The first kappa shape index (κ1) is 16.3. The van der Waals surface area contributed by atoms with E-state index < -0.39 is 5.97 Å². The molecule has 0 saturated heterocycles.